The molecule has 0 radical (unpaired) electrons. The molecule has 4 aliphatic rings. The average molecular weight is 495 g/mol. The summed E-state index contributed by atoms with van der Waals surface area (Å²) >= 11 is 0. The van der Waals surface area contributed by atoms with Crippen molar-refractivity contribution in [1.82, 2.24) is 0 Å². The summed E-state index contributed by atoms with van der Waals surface area (Å²) in [6, 6.07) is 0. The quantitative estimate of drug-likeness (QED) is 0.424. The van der Waals surface area contributed by atoms with E-state index in [4.69, 9.17) is 28.4 Å². The fourth-order valence-electron chi connectivity index (χ4n) is 5.51. The molecule has 0 bridgehead atoms. The maximum atomic E-state index is 6.39. The Bertz CT molecular complexity index is 1090. The van der Waals surface area contributed by atoms with Gasteiger partial charge in [-0.3, -0.25) is 0 Å². The highest BCUT2D eigenvalue weighted by Crippen LogP contribution is 2.46. The molecule has 0 amide bonds. The van der Waals surface area contributed by atoms with Gasteiger partial charge in [-0.1, -0.05) is 0 Å². The first kappa shape index (κ1) is 24.2. The lowest BCUT2D eigenvalue weighted by Crippen LogP contribution is -2.14. The van der Waals surface area contributed by atoms with Gasteiger partial charge in [0.1, 0.15) is 36.9 Å². The molecule has 4 fully saturated rings. The SMILES string of the molecule is Cc1c(C)c(-c2c(C)c(C)c(OCC3CO3)c(CC3CO3)c2C)c(C)c(CC2CO2)c1OCC1CO1. The molecule has 0 aliphatic carbocycles. The Morgan fingerprint density at radius 3 is 1.14 bits per heavy atom. The van der Waals surface area contributed by atoms with Crippen molar-refractivity contribution in [1.29, 1.82) is 0 Å². The van der Waals surface area contributed by atoms with Gasteiger partial charge in [-0.25, -0.2) is 0 Å². The molecule has 4 heterocycles. The second-order valence-corrected chi connectivity index (χ2v) is 11.0. The molecule has 6 heteroatoms. The predicted octanol–water partition coefficient (Wildman–Crippen LogP) is 4.64. The van der Waals surface area contributed by atoms with Crippen LogP contribution in [0.4, 0.5) is 0 Å². The molecule has 0 spiro atoms. The third-order valence-electron chi connectivity index (χ3n) is 8.31. The molecule has 2 aromatic rings. The van der Waals surface area contributed by atoms with Gasteiger partial charge in [0.15, 0.2) is 0 Å². The second-order valence-electron chi connectivity index (χ2n) is 11.0. The summed E-state index contributed by atoms with van der Waals surface area (Å²) < 4.78 is 34.9. The Morgan fingerprint density at radius 2 is 0.833 bits per heavy atom. The zero-order chi connectivity index (χ0) is 25.1. The largest absolute Gasteiger partial charge is 0.490 e. The molecular formula is C30H38O6. The van der Waals surface area contributed by atoms with Gasteiger partial charge in [0.25, 0.3) is 0 Å². The normalized spacial score (nSPS) is 25.6. The zero-order valence-corrected chi connectivity index (χ0v) is 22.4. The Morgan fingerprint density at radius 1 is 0.500 bits per heavy atom. The lowest BCUT2D eigenvalue weighted by molar-refractivity contribution is 0.258. The molecular weight excluding hydrogens is 456 g/mol. The van der Waals surface area contributed by atoms with Crippen molar-refractivity contribution in [3.05, 3.63) is 44.5 Å². The van der Waals surface area contributed by atoms with Crippen molar-refractivity contribution >= 4 is 0 Å². The molecule has 4 saturated heterocycles. The van der Waals surface area contributed by atoms with Crippen LogP contribution in [-0.2, 0) is 31.8 Å². The fourth-order valence-corrected chi connectivity index (χ4v) is 5.51. The van der Waals surface area contributed by atoms with E-state index in [-0.39, 0.29) is 24.4 Å². The third kappa shape index (κ3) is 4.76. The molecule has 4 atom stereocenters. The van der Waals surface area contributed by atoms with Crippen LogP contribution in [0.15, 0.2) is 0 Å². The van der Waals surface area contributed by atoms with Crippen LogP contribution < -0.4 is 9.47 Å². The molecule has 194 valence electrons. The first-order valence-electron chi connectivity index (χ1n) is 13.3. The highest BCUT2D eigenvalue weighted by molar-refractivity contribution is 5.83. The number of ether oxygens (including phenoxy) is 6. The molecule has 4 aliphatic heterocycles. The van der Waals surface area contributed by atoms with Crippen LogP contribution in [0, 0.1) is 41.5 Å². The van der Waals surface area contributed by atoms with Crippen molar-refractivity contribution in [3.63, 3.8) is 0 Å². The van der Waals surface area contributed by atoms with E-state index in [9.17, 15) is 0 Å². The van der Waals surface area contributed by atoms with Crippen LogP contribution in [0.25, 0.3) is 11.1 Å². The minimum absolute atomic E-state index is 0.225. The molecule has 6 rings (SSSR count). The predicted molar refractivity (Wildman–Crippen MR) is 138 cm³/mol. The third-order valence-corrected chi connectivity index (χ3v) is 8.31. The van der Waals surface area contributed by atoms with Crippen LogP contribution in [0.5, 0.6) is 11.5 Å². The van der Waals surface area contributed by atoms with E-state index in [0.29, 0.717) is 13.2 Å². The van der Waals surface area contributed by atoms with E-state index in [1.807, 2.05) is 0 Å². The van der Waals surface area contributed by atoms with Crippen molar-refractivity contribution in [2.24, 2.45) is 0 Å². The van der Waals surface area contributed by atoms with E-state index in [0.717, 1.165) is 50.8 Å². The zero-order valence-electron chi connectivity index (χ0n) is 22.4. The summed E-state index contributed by atoms with van der Waals surface area (Å²) in [5.74, 6) is 2.03. The summed E-state index contributed by atoms with van der Waals surface area (Å²) in [5.41, 5.74) is 12.7. The summed E-state index contributed by atoms with van der Waals surface area (Å²) in [6.07, 6.45) is 2.77. The van der Waals surface area contributed by atoms with Gasteiger partial charge >= 0.3 is 0 Å². The number of hydrogen-bond acceptors (Lipinski definition) is 6. The van der Waals surface area contributed by atoms with E-state index in [2.05, 4.69) is 41.5 Å². The van der Waals surface area contributed by atoms with Crippen LogP contribution in [-0.4, -0.2) is 64.1 Å². The Kier molecular flexibility index (Phi) is 6.27. The highest BCUT2D eigenvalue weighted by atomic mass is 16.6. The lowest BCUT2D eigenvalue weighted by Gasteiger charge is -2.27. The van der Waals surface area contributed by atoms with Gasteiger partial charge in [-0.15, -0.1) is 0 Å². The van der Waals surface area contributed by atoms with Crippen LogP contribution >= 0.6 is 0 Å². The summed E-state index contributed by atoms with van der Waals surface area (Å²) in [4.78, 5) is 0. The van der Waals surface area contributed by atoms with E-state index >= 15 is 0 Å². The molecule has 0 N–H and O–H groups in total. The summed E-state index contributed by atoms with van der Waals surface area (Å²) in [5, 5.41) is 0. The Labute approximate surface area is 214 Å². The number of epoxide rings is 4. The molecule has 4 unspecified atom stereocenters. The van der Waals surface area contributed by atoms with Crippen LogP contribution in [0.1, 0.15) is 44.5 Å². The summed E-state index contributed by atoms with van der Waals surface area (Å²) in [6.45, 7) is 17.8. The Balaban J connectivity index is 1.49. The number of hydrogen-bond donors (Lipinski definition) is 0. The molecule has 0 saturated carbocycles. The van der Waals surface area contributed by atoms with E-state index in [1.165, 1.54) is 55.6 Å². The number of benzene rings is 2. The minimum Gasteiger partial charge on any atom is -0.490 e. The van der Waals surface area contributed by atoms with E-state index in [1.54, 1.807) is 0 Å². The van der Waals surface area contributed by atoms with Crippen molar-refractivity contribution < 1.29 is 28.4 Å². The standard InChI is InChI=1S/C30H38O6/c1-15-17(3)29(35-13-23-11-33-23)25(7-21-9-31-21)19(5)27(15)28-16(2)18(4)30(36-14-24-12-34-24)26(20(28)6)8-22-10-32-22/h21-24H,7-14H2,1-6H3. The Hall–Kier alpha value is -2.12. The van der Waals surface area contributed by atoms with E-state index < -0.39 is 0 Å². The second kappa shape index (κ2) is 9.32. The van der Waals surface area contributed by atoms with Crippen LogP contribution in [0.2, 0.25) is 0 Å². The van der Waals surface area contributed by atoms with Crippen LogP contribution in [0.3, 0.4) is 0 Å². The lowest BCUT2D eigenvalue weighted by atomic mass is 9.80. The van der Waals surface area contributed by atoms with Crippen molar-refractivity contribution in [2.75, 3.05) is 39.6 Å². The van der Waals surface area contributed by atoms with Gasteiger partial charge < -0.3 is 28.4 Å². The van der Waals surface area contributed by atoms with Gasteiger partial charge in [0.05, 0.1) is 38.6 Å². The average Bonchev–Trinajstić information content (AvgIpc) is 3.70. The summed E-state index contributed by atoms with van der Waals surface area (Å²) in [7, 11) is 0. The monoisotopic (exact) mass is 494 g/mol. The number of rotatable bonds is 11. The smallest absolute Gasteiger partial charge is 0.126 e. The first-order valence-corrected chi connectivity index (χ1v) is 13.3. The topological polar surface area (TPSA) is 68.6 Å². The molecule has 36 heavy (non-hydrogen) atoms. The van der Waals surface area contributed by atoms with Gasteiger partial charge in [-0.05, 0) is 86.1 Å². The molecule has 2 aromatic carbocycles. The van der Waals surface area contributed by atoms with Crippen molar-refractivity contribution in [3.8, 4) is 22.6 Å². The maximum Gasteiger partial charge on any atom is 0.126 e. The van der Waals surface area contributed by atoms with Gasteiger partial charge in [0, 0.05) is 24.0 Å². The molecule has 0 aromatic heterocycles. The maximum absolute atomic E-state index is 6.39. The minimum atomic E-state index is 0.225. The van der Waals surface area contributed by atoms with Gasteiger partial charge in [-0.2, -0.15) is 0 Å². The highest BCUT2D eigenvalue weighted by Gasteiger charge is 2.33. The van der Waals surface area contributed by atoms with Crippen molar-refractivity contribution in [2.45, 2.75) is 78.8 Å². The fraction of sp³-hybridized carbons (Fsp3) is 0.600. The first-order chi connectivity index (χ1) is 17.3. The van der Waals surface area contributed by atoms with Gasteiger partial charge in [0.2, 0.25) is 0 Å². The molecule has 6 nitrogen and oxygen atoms in total.